The van der Waals surface area contributed by atoms with Crippen LogP contribution in [0, 0.1) is 17.5 Å². The molecule has 6 heteroatoms. The minimum Gasteiger partial charge on any atom is -0.457 e. The second-order valence-electron chi connectivity index (χ2n) is 16.2. The van der Waals surface area contributed by atoms with E-state index in [9.17, 15) is 13.2 Å². The minimum absolute atomic E-state index is 0.278. The minimum atomic E-state index is -0.820. The van der Waals surface area contributed by atoms with E-state index in [1.165, 1.54) is 47.5 Å². The fourth-order valence-corrected chi connectivity index (χ4v) is 9.33. The number of rotatable bonds is 10. The van der Waals surface area contributed by atoms with E-state index in [0.717, 1.165) is 97.3 Å². The molecule has 0 saturated carbocycles. The Morgan fingerprint density at radius 1 is 0.413 bits per heavy atom. The van der Waals surface area contributed by atoms with Gasteiger partial charge in [0.15, 0.2) is 0 Å². The zero-order valence-electron chi connectivity index (χ0n) is 34.0. The Kier molecular flexibility index (Phi) is 9.42. The standard InChI is InChI=1S/C57H39F3N2O/c58-43-16-12-41(13-17-43)57(42-14-32-51(33-15-42)63-52-31-11-39-5-6-40(39)35-52)55-4-2-1-3-53(55)54-34-30-50(36-56(54)57)62(49-28-20-45(60)21-29-49)48-26-9-38(10-27-48)37-7-22-46(23-8-37)61-47-24-18-44(59)19-25-47/h1-4,7-36,61H,5-6H2. The summed E-state index contributed by atoms with van der Waals surface area (Å²) < 4.78 is 49.1. The molecule has 0 aromatic heterocycles. The number of nitrogens with zero attached hydrogens (tertiary/aromatic N) is 1. The maximum absolute atomic E-state index is 14.8. The number of hydrogen-bond donors (Lipinski definition) is 1. The number of hydrogen-bond acceptors (Lipinski definition) is 3. The van der Waals surface area contributed by atoms with Gasteiger partial charge < -0.3 is 15.0 Å². The monoisotopic (exact) mass is 824 g/mol. The number of benzene rings is 9. The van der Waals surface area contributed by atoms with Gasteiger partial charge in [-0.15, -0.1) is 0 Å². The van der Waals surface area contributed by atoms with Gasteiger partial charge in [0.05, 0.1) is 5.41 Å². The molecule has 0 aliphatic heterocycles. The molecular weight excluding hydrogens is 786 g/mol. The van der Waals surface area contributed by atoms with Crippen LogP contribution in [0.25, 0.3) is 22.3 Å². The van der Waals surface area contributed by atoms with Crippen molar-refractivity contribution in [2.45, 2.75) is 18.3 Å². The Hall–Kier alpha value is -7.83. The first-order valence-electron chi connectivity index (χ1n) is 21.1. The second kappa shape index (κ2) is 15.6. The van der Waals surface area contributed by atoms with Crippen LogP contribution in [-0.4, -0.2) is 0 Å². The van der Waals surface area contributed by atoms with Gasteiger partial charge >= 0.3 is 0 Å². The summed E-state index contributed by atoms with van der Waals surface area (Å²) in [6, 6.07) is 65.7. The molecule has 1 atom stereocenters. The van der Waals surface area contributed by atoms with Crippen molar-refractivity contribution in [2.24, 2.45) is 0 Å². The highest BCUT2D eigenvalue weighted by Gasteiger charge is 2.46. The molecule has 2 aliphatic carbocycles. The third kappa shape index (κ3) is 6.90. The highest BCUT2D eigenvalue weighted by molar-refractivity contribution is 5.89. The van der Waals surface area contributed by atoms with Crippen molar-refractivity contribution in [1.82, 2.24) is 0 Å². The van der Waals surface area contributed by atoms with Crippen LogP contribution in [0.5, 0.6) is 11.5 Å². The lowest BCUT2D eigenvalue weighted by atomic mass is 9.67. The molecular formula is C57H39F3N2O. The third-order valence-corrected chi connectivity index (χ3v) is 12.5. The molecule has 0 amide bonds. The SMILES string of the molecule is Fc1ccc(Nc2ccc(-c3ccc(N(c4ccc(F)cc4)c4ccc5c(c4)C(c4ccc(F)cc4)(c4ccc(Oc6ccc7c(c6)CC7)cc4)c4ccccc4-5)cc3)cc2)cc1. The van der Waals surface area contributed by atoms with Gasteiger partial charge in [0.25, 0.3) is 0 Å². The molecule has 3 nitrogen and oxygen atoms in total. The molecule has 304 valence electrons. The Morgan fingerprint density at radius 3 is 1.52 bits per heavy atom. The summed E-state index contributed by atoms with van der Waals surface area (Å²) in [5.74, 6) is 0.647. The molecule has 0 radical (unpaired) electrons. The van der Waals surface area contributed by atoms with Crippen LogP contribution >= 0.6 is 0 Å². The van der Waals surface area contributed by atoms with Crippen molar-refractivity contribution in [3.05, 3.63) is 257 Å². The number of halogens is 3. The van der Waals surface area contributed by atoms with E-state index in [-0.39, 0.29) is 17.5 Å². The summed E-state index contributed by atoms with van der Waals surface area (Å²) in [5, 5.41) is 3.32. The summed E-state index contributed by atoms with van der Waals surface area (Å²) in [4.78, 5) is 2.14. The largest absolute Gasteiger partial charge is 0.457 e. The summed E-state index contributed by atoms with van der Waals surface area (Å²) in [7, 11) is 0. The smallest absolute Gasteiger partial charge is 0.127 e. The van der Waals surface area contributed by atoms with Crippen molar-refractivity contribution in [3.63, 3.8) is 0 Å². The highest BCUT2D eigenvalue weighted by atomic mass is 19.1. The van der Waals surface area contributed by atoms with Crippen LogP contribution < -0.4 is 15.0 Å². The lowest BCUT2D eigenvalue weighted by Crippen LogP contribution is -2.28. The molecule has 1 unspecified atom stereocenters. The van der Waals surface area contributed by atoms with E-state index in [1.807, 2.05) is 42.5 Å². The predicted octanol–water partition coefficient (Wildman–Crippen LogP) is 15.2. The molecule has 0 bridgehead atoms. The molecule has 9 aromatic rings. The first kappa shape index (κ1) is 38.1. The quantitative estimate of drug-likeness (QED) is 0.149. The second-order valence-corrected chi connectivity index (χ2v) is 16.2. The van der Waals surface area contributed by atoms with Gasteiger partial charge in [-0.05, 0) is 190 Å². The molecule has 9 aromatic carbocycles. The van der Waals surface area contributed by atoms with Gasteiger partial charge in [0.2, 0.25) is 0 Å². The van der Waals surface area contributed by atoms with Crippen LogP contribution in [0.1, 0.15) is 33.4 Å². The van der Waals surface area contributed by atoms with E-state index in [0.29, 0.717) is 0 Å². The van der Waals surface area contributed by atoms with Crippen molar-refractivity contribution < 1.29 is 17.9 Å². The predicted molar refractivity (Wildman–Crippen MR) is 247 cm³/mol. The van der Waals surface area contributed by atoms with E-state index in [4.69, 9.17) is 4.74 Å². The van der Waals surface area contributed by atoms with E-state index in [2.05, 4.69) is 113 Å². The number of anilines is 5. The number of fused-ring (bicyclic) bond motifs is 4. The van der Waals surface area contributed by atoms with E-state index >= 15 is 0 Å². The number of ether oxygens (including phenoxy) is 1. The highest BCUT2D eigenvalue weighted by Crippen LogP contribution is 2.57. The third-order valence-electron chi connectivity index (χ3n) is 12.5. The lowest BCUT2D eigenvalue weighted by Gasteiger charge is -2.35. The summed E-state index contributed by atoms with van der Waals surface area (Å²) in [6.07, 6.45) is 2.19. The van der Waals surface area contributed by atoms with Crippen molar-refractivity contribution >= 4 is 28.4 Å². The van der Waals surface area contributed by atoms with Crippen LogP contribution in [0.15, 0.2) is 206 Å². The Labute approximate surface area is 364 Å². The van der Waals surface area contributed by atoms with E-state index in [1.54, 1.807) is 24.3 Å². The Balaban J connectivity index is 1.00. The molecule has 0 fully saturated rings. The molecule has 0 heterocycles. The van der Waals surface area contributed by atoms with Crippen LogP contribution in [0.4, 0.5) is 41.6 Å². The summed E-state index contributed by atoms with van der Waals surface area (Å²) in [5.41, 5.74) is 14.5. The van der Waals surface area contributed by atoms with Gasteiger partial charge in [-0.25, -0.2) is 13.2 Å². The maximum Gasteiger partial charge on any atom is 0.127 e. The average molecular weight is 825 g/mol. The number of nitrogens with one attached hydrogen (secondary N) is 1. The van der Waals surface area contributed by atoms with Crippen LogP contribution in [0.2, 0.25) is 0 Å². The van der Waals surface area contributed by atoms with Gasteiger partial charge in [-0.1, -0.05) is 84.9 Å². The first-order valence-corrected chi connectivity index (χ1v) is 21.1. The molecule has 2 aliphatic rings. The fraction of sp³-hybridized carbons (Fsp3) is 0.0526. The molecule has 0 saturated heterocycles. The Bertz CT molecular complexity index is 3110. The topological polar surface area (TPSA) is 24.5 Å². The number of aryl methyl sites for hydroxylation is 2. The van der Waals surface area contributed by atoms with Crippen LogP contribution in [0.3, 0.4) is 0 Å². The van der Waals surface area contributed by atoms with Crippen molar-refractivity contribution in [2.75, 3.05) is 10.2 Å². The zero-order valence-corrected chi connectivity index (χ0v) is 34.0. The normalized spacial score (nSPS) is 14.5. The molecule has 1 N–H and O–H groups in total. The fourth-order valence-electron chi connectivity index (χ4n) is 9.33. The lowest BCUT2D eigenvalue weighted by molar-refractivity contribution is 0.480. The van der Waals surface area contributed by atoms with E-state index < -0.39 is 5.41 Å². The average Bonchev–Trinajstić information content (AvgIpc) is 3.60. The Morgan fingerprint density at radius 2 is 0.905 bits per heavy atom. The van der Waals surface area contributed by atoms with Crippen molar-refractivity contribution in [1.29, 1.82) is 0 Å². The first-order chi connectivity index (χ1) is 30.9. The van der Waals surface area contributed by atoms with Gasteiger partial charge in [-0.3, -0.25) is 0 Å². The van der Waals surface area contributed by atoms with Gasteiger partial charge in [0, 0.05) is 28.4 Å². The van der Waals surface area contributed by atoms with Crippen LogP contribution in [-0.2, 0) is 18.3 Å². The van der Waals surface area contributed by atoms with Gasteiger partial charge in [-0.2, -0.15) is 0 Å². The molecule has 63 heavy (non-hydrogen) atoms. The maximum atomic E-state index is 14.8. The molecule has 11 rings (SSSR count). The van der Waals surface area contributed by atoms with Gasteiger partial charge in [0.1, 0.15) is 29.0 Å². The summed E-state index contributed by atoms with van der Waals surface area (Å²) in [6.45, 7) is 0. The molecule has 0 spiro atoms. The summed E-state index contributed by atoms with van der Waals surface area (Å²) >= 11 is 0. The van der Waals surface area contributed by atoms with Crippen molar-refractivity contribution in [3.8, 4) is 33.8 Å². The zero-order chi connectivity index (χ0) is 42.5.